The molecule has 6 heteroatoms. The zero-order chi connectivity index (χ0) is 12.0. The Morgan fingerprint density at radius 3 is 2.94 bits per heavy atom. The van der Waals surface area contributed by atoms with Crippen molar-refractivity contribution >= 4 is 40.0 Å². The molecule has 0 saturated carbocycles. The van der Waals surface area contributed by atoms with Crippen LogP contribution in [0.5, 0.6) is 0 Å². The summed E-state index contributed by atoms with van der Waals surface area (Å²) in [4.78, 5) is 11.1. The Hall–Kier alpha value is -1.26. The number of hydrogen-bond acceptors (Lipinski definition) is 4. The van der Waals surface area contributed by atoms with E-state index in [1.54, 1.807) is 31.2 Å². The van der Waals surface area contributed by atoms with Crippen LogP contribution < -0.4 is 5.43 Å². The van der Waals surface area contributed by atoms with E-state index in [1.165, 1.54) is 0 Å². The topological polar surface area (TPSA) is 50.7 Å². The van der Waals surface area contributed by atoms with Crippen molar-refractivity contribution < 1.29 is 9.53 Å². The van der Waals surface area contributed by atoms with Crippen LogP contribution in [-0.4, -0.2) is 17.7 Å². The third kappa shape index (κ3) is 4.08. The van der Waals surface area contributed by atoms with E-state index in [-0.39, 0.29) is 11.8 Å². The highest BCUT2D eigenvalue weighted by molar-refractivity contribution is 6.82. The van der Waals surface area contributed by atoms with Crippen molar-refractivity contribution in [2.75, 3.05) is 12.0 Å². The average Bonchev–Trinajstić information content (AvgIpc) is 2.26. The van der Waals surface area contributed by atoms with Crippen molar-refractivity contribution in [3.63, 3.8) is 0 Å². The highest BCUT2D eigenvalue weighted by atomic mass is 35.5. The number of ether oxygens (including phenoxy) is 1. The van der Waals surface area contributed by atoms with Crippen molar-refractivity contribution in [2.45, 2.75) is 6.92 Å². The molecule has 0 heterocycles. The number of anilines is 1. The van der Waals surface area contributed by atoms with Gasteiger partial charge in [0.25, 0.3) is 0 Å². The molecule has 1 N–H and O–H groups in total. The van der Waals surface area contributed by atoms with Crippen molar-refractivity contribution in [3.8, 4) is 0 Å². The van der Waals surface area contributed by atoms with Gasteiger partial charge in [-0.15, -0.1) is 0 Å². The van der Waals surface area contributed by atoms with Crippen molar-refractivity contribution in [2.24, 2.45) is 5.10 Å². The standard InChI is InChI=1S/C10H10Cl2N2O2/c1-2-16-10(15)9(12)14-13-8-5-3-4-7(11)6-8/h3-6,13H,2H2,1H3/b14-9-. The molecule has 0 aromatic heterocycles. The van der Waals surface area contributed by atoms with E-state index < -0.39 is 5.97 Å². The van der Waals surface area contributed by atoms with Gasteiger partial charge >= 0.3 is 5.97 Å². The van der Waals surface area contributed by atoms with Gasteiger partial charge in [0.15, 0.2) is 0 Å². The number of nitrogens with one attached hydrogen (secondary N) is 1. The van der Waals surface area contributed by atoms with E-state index in [9.17, 15) is 4.79 Å². The van der Waals surface area contributed by atoms with Crippen molar-refractivity contribution in [3.05, 3.63) is 29.3 Å². The van der Waals surface area contributed by atoms with Crippen LogP contribution >= 0.6 is 23.2 Å². The lowest BCUT2D eigenvalue weighted by Gasteiger charge is -2.02. The summed E-state index contributed by atoms with van der Waals surface area (Å²) in [6, 6.07) is 6.87. The Morgan fingerprint density at radius 1 is 1.56 bits per heavy atom. The van der Waals surface area contributed by atoms with Gasteiger partial charge in [-0.2, -0.15) is 5.10 Å². The van der Waals surface area contributed by atoms with Crippen LogP contribution in [0.1, 0.15) is 6.92 Å². The zero-order valence-electron chi connectivity index (χ0n) is 8.54. The first-order valence-electron chi connectivity index (χ1n) is 4.55. The van der Waals surface area contributed by atoms with Crippen LogP contribution in [0.4, 0.5) is 5.69 Å². The maximum atomic E-state index is 11.1. The highest BCUT2D eigenvalue weighted by Gasteiger charge is 2.08. The molecule has 0 fully saturated rings. The van der Waals surface area contributed by atoms with E-state index in [0.717, 1.165) is 0 Å². The number of hydrogen-bond donors (Lipinski definition) is 1. The number of hydrazone groups is 1. The molecular weight excluding hydrogens is 251 g/mol. The molecule has 16 heavy (non-hydrogen) atoms. The molecule has 0 aliphatic carbocycles. The first-order valence-corrected chi connectivity index (χ1v) is 5.31. The lowest BCUT2D eigenvalue weighted by molar-refractivity contribution is -0.134. The minimum absolute atomic E-state index is 0.252. The van der Waals surface area contributed by atoms with Crippen LogP contribution in [0.3, 0.4) is 0 Å². The summed E-state index contributed by atoms with van der Waals surface area (Å²) >= 11 is 11.3. The smallest absolute Gasteiger partial charge is 0.370 e. The predicted octanol–water partition coefficient (Wildman–Crippen LogP) is 2.87. The Kier molecular flexibility index (Phi) is 5.08. The molecule has 0 aliphatic rings. The van der Waals surface area contributed by atoms with Gasteiger partial charge in [0.05, 0.1) is 12.3 Å². The second kappa shape index (κ2) is 6.35. The highest BCUT2D eigenvalue weighted by Crippen LogP contribution is 2.14. The lowest BCUT2D eigenvalue weighted by Crippen LogP contribution is -2.13. The molecule has 1 aromatic carbocycles. The Balaban J connectivity index is 2.62. The van der Waals surface area contributed by atoms with Gasteiger partial charge in [-0.1, -0.05) is 29.3 Å². The number of nitrogens with zero attached hydrogens (tertiary/aromatic N) is 1. The lowest BCUT2D eigenvalue weighted by atomic mass is 10.3. The molecule has 0 radical (unpaired) electrons. The van der Waals surface area contributed by atoms with Crippen LogP contribution in [0.25, 0.3) is 0 Å². The Morgan fingerprint density at radius 2 is 2.31 bits per heavy atom. The molecule has 0 unspecified atom stereocenters. The predicted molar refractivity (Wildman–Crippen MR) is 65.0 cm³/mol. The molecule has 86 valence electrons. The SMILES string of the molecule is CCOC(=O)/C(Cl)=N/Nc1cccc(Cl)c1. The third-order valence-corrected chi connectivity index (χ3v) is 2.03. The van der Waals surface area contributed by atoms with Gasteiger partial charge in [-0.25, -0.2) is 4.79 Å². The number of carbonyl (C=O) groups excluding carboxylic acids is 1. The molecule has 1 rings (SSSR count). The first-order chi connectivity index (χ1) is 7.63. The van der Waals surface area contributed by atoms with Crippen molar-refractivity contribution in [1.29, 1.82) is 0 Å². The van der Waals surface area contributed by atoms with Crippen LogP contribution in [0.15, 0.2) is 29.4 Å². The molecule has 1 aromatic rings. The van der Waals surface area contributed by atoms with Gasteiger partial charge in [-0.05, 0) is 25.1 Å². The fourth-order valence-electron chi connectivity index (χ4n) is 0.908. The normalized spacial score (nSPS) is 11.1. The Bertz CT molecular complexity index is 408. The second-order valence-corrected chi connectivity index (χ2v) is 3.54. The number of esters is 1. The average molecular weight is 261 g/mol. The van der Waals surface area contributed by atoms with Crippen molar-refractivity contribution in [1.82, 2.24) is 0 Å². The first kappa shape index (κ1) is 12.8. The maximum Gasteiger partial charge on any atom is 0.370 e. The van der Waals surface area contributed by atoms with Crippen LogP contribution in [0.2, 0.25) is 5.02 Å². The minimum atomic E-state index is -0.668. The summed E-state index contributed by atoms with van der Waals surface area (Å²) in [7, 11) is 0. The molecule has 0 amide bonds. The second-order valence-electron chi connectivity index (χ2n) is 2.75. The van der Waals surface area contributed by atoms with E-state index >= 15 is 0 Å². The summed E-state index contributed by atoms with van der Waals surface area (Å²) in [6.45, 7) is 1.94. The maximum absolute atomic E-state index is 11.1. The van der Waals surface area contributed by atoms with Gasteiger partial charge < -0.3 is 4.74 Å². The summed E-state index contributed by atoms with van der Waals surface area (Å²) in [5.74, 6) is -0.668. The molecule has 0 saturated heterocycles. The molecule has 0 bridgehead atoms. The number of rotatable bonds is 4. The van der Waals surface area contributed by atoms with E-state index in [0.29, 0.717) is 10.7 Å². The van der Waals surface area contributed by atoms with E-state index in [2.05, 4.69) is 15.3 Å². The fourth-order valence-corrected chi connectivity index (χ4v) is 1.20. The van der Waals surface area contributed by atoms with Gasteiger partial charge in [0.1, 0.15) is 0 Å². The number of benzene rings is 1. The minimum Gasteiger partial charge on any atom is -0.461 e. The summed E-state index contributed by atoms with van der Waals surface area (Å²) < 4.78 is 4.65. The van der Waals surface area contributed by atoms with Crippen LogP contribution in [-0.2, 0) is 9.53 Å². The molecule has 0 atom stereocenters. The molecule has 0 aliphatic heterocycles. The molecule has 0 spiro atoms. The monoisotopic (exact) mass is 260 g/mol. The number of carbonyl (C=O) groups is 1. The largest absolute Gasteiger partial charge is 0.461 e. The molecule has 4 nitrogen and oxygen atoms in total. The van der Waals surface area contributed by atoms with E-state index in [4.69, 9.17) is 23.2 Å². The quantitative estimate of drug-likeness (QED) is 0.515. The fraction of sp³-hybridized carbons (Fsp3) is 0.200. The van der Waals surface area contributed by atoms with Crippen LogP contribution in [0, 0.1) is 0 Å². The van der Waals surface area contributed by atoms with Gasteiger partial charge in [0, 0.05) is 5.02 Å². The number of halogens is 2. The Labute approximate surface area is 103 Å². The molecular formula is C10H10Cl2N2O2. The summed E-state index contributed by atoms with van der Waals surface area (Å²) in [5, 5.41) is 3.95. The van der Waals surface area contributed by atoms with Gasteiger partial charge in [0.2, 0.25) is 5.17 Å². The third-order valence-electron chi connectivity index (χ3n) is 1.55. The summed E-state index contributed by atoms with van der Waals surface area (Å²) in [5.41, 5.74) is 3.23. The zero-order valence-corrected chi connectivity index (χ0v) is 10.0. The summed E-state index contributed by atoms with van der Waals surface area (Å²) in [6.07, 6.45) is 0. The van der Waals surface area contributed by atoms with E-state index in [1.807, 2.05) is 0 Å². The van der Waals surface area contributed by atoms with Gasteiger partial charge in [-0.3, -0.25) is 5.43 Å².